The van der Waals surface area contributed by atoms with E-state index in [0.29, 0.717) is 19.5 Å². The second-order valence-electron chi connectivity index (χ2n) is 9.11. The van der Waals surface area contributed by atoms with Crippen molar-refractivity contribution in [2.45, 2.75) is 37.0 Å². The third-order valence-corrected chi connectivity index (χ3v) is 8.20. The van der Waals surface area contributed by atoms with Gasteiger partial charge in [-0.05, 0) is 24.6 Å². The number of hydrogen-bond donors (Lipinski definition) is 1. The van der Waals surface area contributed by atoms with Crippen LogP contribution in [0.2, 0.25) is 0 Å². The summed E-state index contributed by atoms with van der Waals surface area (Å²) < 4.78 is 72.1. The monoisotopic (exact) mass is 592 g/mol. The van der Waals surface area contributed by atoms with Crippen molar-refractivity contribution in [2.75, 3.05) is 23.7 Å². The van der Waals surface area contributed by atoms with Crippen molar-refractivity contribution < 1.29 is 30.8 Å². The first-order valence-electron chi connectivity index (χ1n) is 12.3. The number of pyridine rings is 1. The maximum Gasteiger partial charge on any atom is 0.446 e. The summed E-state index contributed by atoms with van der Waals surface area (Å²) in [6.07, 6.45) is 2.08. The van der Waals surface area contributed by atoms with E-state index in [0.717, 1.165) is 28.4 Å². The Balaban J connectivity index is 0.000000585. The van der Waals surface area contributed by atoms with Gasteiger partial charge in [-0.25, -0.2) is 27.8 Å². The maximum absolute atomic E-state index is 14.6. The molecule has 0 aromatic carbocycles. The lowest BCUT2D eigenvalue weighted by Gasteiger charge is -2.23. The molecule has 0 amide bonds. The summed E-state index contributed by atoms with van der Waals surface area (Å²) >= 11 is 0. The fourth-order valence-corrected chi connectivity index (χ4v) is 5.36. The van der Waals surface area contributed by atoms with Crippen LogP contribution in [0.5, 0.6) is 0 Å². The van der Waals surface area contributed by atoms with Gasteiger partial charge < -0.3 is 9.88 Å². The second kappa shape index (κ2) is 12.0. The molecule has 4 aromatic rings. The van der Waals surface area contributed by atoms with Crippen LogP contribution in [0.4, 0.5) is 23.4 Å². The lowest BCUT2D eigenvalue weighted by atomic mass is 9.96. The minimum absolute atomic E-state index is 0.00675. The van der Waals surface area contributed by atoms with E-state index in [2.05, 4.69) is 31.1 Å². The number of carbonyl (C=O) groups is 1. The molecular weight excluding hydrogens is 568 g/mol. The van der Waals surface area contributed by atoms with Crippen LogP contribution >= 0.6 is 0 Å². The largest absolute Gasteiger partial charge is 0.446 e. The number of aromatic nitrogens is 6. The van der Waals surface area contributed by atoms with E-state index in [-0.39, 0.29) is 35.0 Å². The Labute approximate surface area is 231 Å². The Hall–Kier alpha value is -4.39. The summed E-state index contributed by atoms with van der Waals surface area (Å²) in [5.41, 5.74) is 2.27. The molecule has 0 spiro atoms. The lowest BCUT2D eigenvalue weighted by molar-refractivity contribution is -0.156. The molecule has 1 aliphatic rings. The van der Waals surface area contributed by atoms with E-state index in [1.165, 1.54) is 19.3 Å². The number of rotatable bonds is 7. The summed E-state index contributed by atoms with van der Waals surface area (Å²) in [4.78, 5) is 26.3. The number of nitriles is 1. The van der Waals surface area contributed by atoms with Gasteiger partial charge in [-0.15, -0.1) is 0 Å². The van der Waals surface area contributed by atoms with Crippen LogP contribution in [0, 0.1) is 23.1 Å². The fourth-order valence-electron chi connectivity index (χ4n) is 4.56. The molecule has 0 saturated carbocycles. The van der Waals surface area contributed by atoms with Crippen molar-refractivity contribution in [3.05, 3.63) is 48.9 Å². The van der Waals surface area contributed by atoms with Gasteiger partial charge in [0.05, 0.1) is 36.2 Å². The van der Waals surface area contributed by atoms with Crippen LogP contribution in [0.15, 0.2) is 48.1 Å². The Morgan fingerprint density at radius 3 is 2.71 bits per heavy atom. The highest BCUT2D eigenvalue weighted by Gasteiger charge is 2.33. The van der Waals surface area contributed by atoms with Crippen molar-refractivity contribution in [1.29, 1.82) is 5.26 Å². The summed E-state index contributed by atoms with van der Waals surface area (Å²) in [6.45, 7) is 2.45. The van der Waals surface area contributed by atoms with Gasteiger partial charge >= 0.3 is 6.18 Å². The highest BCUT2D eigenvalue weighted by molar-refractivity contribution is 7.91. The van der Waals surface area contributed by atoms with Gasteiger partial charge in [0.2, 0.25) is 6.29 Å². The molecule has 4 aromatic heterocycles. The van der Waals surface area contributed by atoms with Gasteiger partial charge in [0.15, 0.2) is 26.5 Å². The zero-order valence-electron chi connectivity index (χ0n) is 21.6. The molecule has 1 saturated heterocycles. The molecular formula is C25H24F4N8O3S. The summed E-state index contributed by atoms with van der Waals surface area (Å²) in [6, 6.07) is 6.24. The average Bonchev–Trinajstić information content (AvgIpc) is 3.73. The van der Waals surface area contributed by atoms with Crippen LogP contribution in [-0.2, 0) is 14.6 Å². The molecule has 0 bridgehead atoms. The molecule has 0 aliphatic carbocycles. The molecule has 1 aliphatic heterocycles. The molecule has 1 N–H and O–H groups in total. The number of halogens is 4. The predicted octanol–water partition coefficient (Wildman–Crippen LogP) is 3.88. The van der Waals surface area contributed by atoms with E-state index >= 15 is 0 Å². The first-order chi connectivity index (χ1) is 19.5. The smallest absolute Gasteiger partial charge is 0.354 e. The van der Waals surface area contributed by atoms with Crippen LogP contribution < -0.4 is 4.90 Å². The lowest BCUT2D eigenvalue weighted by Crippen LogP contribution is -2.26. The predicted molar refractivity (Wildman–Crippen MR) is 139 cm³/mol. The minimum atomic E-state index is -4.64. The molecule has 41 heavy (non-hydrogen) atoms. The van der Waals surface area contributed by atoms with Gasteiger partial charge in [0.25, 0.3) is 0 Å². The SMILES string of the molecule is CCS(=O)(=O)c1ccc(F)c(N2CC[C@H]([C@H](CC#N)n3cc(-c4ncnc5[nH]ccc45)cn3)C2)n1.O=CC(F)(F)F. The number of anilines is 1. The summed E-state index contributed by atoms with van der Waals surface area (Å²) in [5, 5.41) is 14.8. The van der Waals surface area contributed by atoms with Crippen molar-refractivity contribution in [2.24, 2.45) is 5.92 Å². The van der Waals surface area contributed by atoms with Crippen LogP contribution in [0.3, 0.4) is 0 Å². The molecule has 0 unspecified atom stereocenters. The number of alkyl halides is 3. The summed E-state index contributed by atoms with van der Waals surface area (Å²) in [7, 11) is -3.56. The number of aromatic amines is 1. The Morgan fingerprint density at radius 2 is 2.02 bits per heavy atom. The minimum Gasteiger partial charge on any atom is -0.354 e. The van der Waals surface area contributed by atoms with E-state index in [1.807, 2.05) is 12.3 Å². The number of H-pyrrole nitrogens is 1. The van der Waals surface area contributed by atoms with Crippen molar-refractivity contribution in [3.63, 3.8) is 0 Å². The van der Waals surface area contributed by atoms with Crippen molar-refractivity contribution in [3.8, 4) is 17.3 Å². The number of fused-ring (bicyclic) bond motifs is 1. The maximum atomic E-state index is 14.6. The molecule has 0 radical (unpaired) electrons. The van der Waals surface area contributed by atoms with E-state index in [4.69, 9.17) is 4.79 Å². The van der Waals surface area contributed by atoms with Crippen LogP contribution in [0.1, 0.15) is 25.8 Å². The number of carbonyl (C=O) groups excluding carboxylic acids is 1. The van der Waals surface area contributed by atoms with E-state index in [9.17, 15) is 31.2 Å². The molecule has 16 heteroatoms. The van der Waals surface area contributed by atoms with Gasteiger partial charge in [-0.3, -0.25) is 9.48 Å². The number of hydrogen-bond acceptors (Lipinski definition) is 9. The number of nitrogens with zero attached hydrogens (tertiary/aromatic N) is 7. The molecule has 5 rings (SSSR count). The van der Waals surface area contributed by atoms with Gasteiger partial charge in [-0.2, -0.15) is 23.5 Å². The zero-order valence-corrected chi connectivity index (χ0v) is 22.4. The Morgan fingerprint density at radius 1 is 1.27 bits per heavy atom. The van der Waals surface area contributed by atoms with E-state index < -0.39 is 28.1 Å². The third kappa shape index (κ3) is 6.68. The van der Waals surface area contributed by atoms with E-state index in [1.54, 1.807) is 22.0 Å². The quantitative estimate of drug-likeness (QED) is 0.249. The molecule has 1 fully saturated rings. The zero-order chi connectivity index (χ0) is 29.8. The summed E-state index contributed by atoms with van der Waals surface area (Å²) in [5.74, 6) is -0.665. The molecule has 2 atom stereocenters. The van der Waals surface area contributed by atoms with Crippen LogP contribution in [-0.4, -0.2) is 69.4 Å². The fraction of sp³-hybridized carbons (Fsp3) is 0.360. The van der Waals surface area contributed by atoms with Gasteiger partial charge in [0, 0.05) is 42.4 Å². The second-order valence-corrected chi connectivity index (χ2v) is 11.3. The van der Waals surface area contributed by atoms with Gasteiger partial charge in [-0.1, -0.05) is 6.92 Å². The number of sulfone groups is 1. The highest BCUT2D eigenvalue weighted by atomic mass is 32.2. The average molecular weight is 593 g/mol. The molecule has 11 nitrogen and oxygen atoms in total. The van der Waals surface area contributed by atoms with Crippen molar-refractivity contribution in [1.82, 2.24) is 29.7 Å². The number of aldehydes is 1. The standard InChI is InChI=1S/C23H23FN8O2S.C2HF3O/c1-2-35(33,34)20-4-3-18(24)23(30-20)31-10-7-15(12-31)19(5-8-25)32-13-16(11-29-32)21-17-6-9-26-22(17)28-14-27-21;3-2(4,5)1-6/h3-4,6,9,11,13-15,19H,2,5,7,10,12H2,1H3,(H,26,27,28);1H/t15-,19-;/m0./s1. The first kappa shape index (κ1) is 29.6. The topological polar surface area (TPSA) is 151 Å². The Bertz CT molecular complexity index is 1680. The van der Waals surface area contributed by atoms with Crippen molar-refractivity contribution >= 4 is 33.0 Å². The highest BCUT2D eigenvalue weighted by Crippen LogP contribution is 2.34. The third-order valence-electron chi connectivity index (χ3n) is 6.57. The first-order valence-corrected chi connectivity index (χ1v) is 14.0. The number of nitrogens with one attached hydrogen (secondary N) is 1. The molecule has 5 heterocycles. The van der Waals surface area contributed by atoms with Gasteiger partial charge in [0.1, 0.15) is 12.0 Å². The molecule has 216 valence electrons. The normalized spacial score (nSPS) is 16.2. The van der Waals surface area contributed by atoms with Crippen LogP contribution in [0.25, 0.3) is 22.3 Å². The Kier molecular flexibility index (Phi) is 8.66.